The van der Waals surface area contributed by atoms with Gasteiger partial charge in [0.05, 0.1) is 16.7 Å². The minimum atomic E-state index is 0.586. The van der Waals surface area contributed by atoms with E-state index >= 15 is 0 Å². The fraction of sp³-hybridized carbons (Fsp3) is 0.0339. The van der Waals surface area contributed by atoms with E-state index in [1.165, 1.54) is 44.2 Å². The van der Waals surface area contributed by atoms with Crippen molar-refractivity contribution in [3.63, 3.8) is 0 Å². The maximum absolute atomic E-state index is 6.25. The van der Waals surface area contributed by atoms with Gasteiger partial charge in [-0.25, -0.2) is 15.0 Å². The van der Waals surface area contributed by atoms with Crippen LogP contribution in [0.25, 0.3) is 117 Å². The molecular weight excluding hydrogens is 781 g/mol. The van der Waals surface area contributed by atoms with Crippen LogP contribution in [-0.2, 0) is 0 Å². The zero-order valence-electron chi connectivity index (χ0n) is 35.3. The second kappa shape index (κ2) is 15.2. The summed E-state index contributed by atoms with van der Waals surface area (Å²) in [7, 11) is 0. The number of hydrogen-bond donors (Lipinski definition) is 0. The van der Waals surface area contributed by atoms with E-state index in [4.69, 9.17) is 19.4 Å². The van der Waals surface area contributed by atoms with Crippen LogP contribution in [0.5, 0.6) is 0 Å². The number of aromatic nitrogens is 4. The summed E-state index contributed by atoms with van der Waals surface area (Å²) in [6.07, 6.45) is 0. The molecule has 0 aliphatic carbocycles. The molecule has 0 spiro atoms. The molecule has 0 unspecified atom stereocenters. The highest BCUT2D eigenvalue weighted by molar-refractivity contribution is 6.12. The number of rotatable bonds is 7. The molecule has 0 radical (unpaired) electrons. The van der Waals surface area contributed by atoms with Crippen molar-refractivity contribution in [2.75, 3.05) is 0 Å². The zero-order valence-corrected chi connectivity index (χ0v) is 35.3. The van der Waals surface area contributed by atoms with Crippen LogP contribution < -0.4 is 0 Å². The summed E-state index contributed by atoms with van der Waals surface area (Å²) in [5.41, 5.74) is 17.0. The summed E-state index contributed by atoms with van der Waals surface area (Å²) >= 11 is 0. The molecule has 0 saturated heterocycles. The quantitative estimate of drug-likeness (QED) is 0.161. The van der Waals surface area contributed by atoms with Crippen LogP contribution in [-0.4, -0.2) is 19.5 Å². The van der Waals surface area contributed by atoms with Gasteiger partial charge in [0.2, 0.25) is 0 Å². The van der Waals surface area contributed by atoms with E-state index in [-0.39, 0.29) is 0 Å². The lowest BCUT2D eigenvalue weighted by Crippen LogP contribution is -2.04. The predicted octanol–water partition coefficient (Wildman–Crippen LogP) is 15.5. The Balaban J connectivity index is 1.15. The van der Waals surface area contributed by atoms with Crippen molar-refractivity contribution < 1.29 is 4.42 Å². The van der Waals surface area contributed by atoms with Gasteiger partial charge in [-0.1, -0.05) is 152 Å². The van der Waals surface area contributed by atoms with Crippen molar-refractivity contribution in [3.8, 4) is 73.2 Å². The minimum absolute atomic E-state index is 0.586. The van der Waals surface area contributed by atoms with Crippen LogP contribution in [0.3, 0.4) is 0 Å². The average Bonchev–Trinajstić information content (AvgIpc) is 3.89. The molecule has 12 rings (SSSR count). The first kappa shape index (κ1) is 37.4. The van der Waals surface area contributed by atoms with E-state index in [9.17, 15) is 0 Å². The summed E-state index contributed by atoms with van der Waals surface area (Å²) in [6.45, 7) is 4.36. The highest BCUT2D eigenvalue weighted by Crippen LogP contribution is 2.42. The predicted molar refractivity (Wildman–Crippen MR) is 264 cm³/mol. The lowest BCUT2D eigenvalue weighted by atomic mass is 9.97. The molecule has 64 heavy (non-hydrogen) atoms. The molecule has 0 amide bonds. The summed E-state index contributed by atoms with van der Waals surface area (Å²) in [5, 5.41) is 4.51. The SMILES string of the molecule is Cc1ccccc1-c1ccc2c(c1)c1cc(-c3ccccc3C)ccc1n2-c1ccc(-c2ccc3oc4ccccc4c3c2)cc1-c1nc(-c2ccccc2)nc(-c2ccccc2)n1. The number of nitrogens with zero attached hydrogens (tertiary/aromatic N) is 4. The Morgan fingerprint density at radius 1 is 0.328 bits per heavy atom. The second-order valence-corrected chi connectivity index (χ2v) is 16.5. The summed E-state index contributed by atoms with van der Waals surface area (Å²) < 4.78 is 8.65. The van der Waals surface area contributed by atoms with Crippen LogP contribution in [0.4, 0.5) is 0 Å². The monoisotopic (exact) mass is 820 g/mol. The fourth-order valence-electron chi connectivity index (χ4n) is 9.34. The Hall–Kier alpha value is -8.41. The Morgan fingerprint density at radius 3 is 1.41 bits per heavy atom. The van der Waals surface area contributed by atoms with E-state index in [1.807, 2.05) is 48.5 Å². The summed E-state index contributed by atoms with van der Waals surface area (Å²) in [4.78, 5) is 15.7. The van der Waals surface area contributed by atoms with Gasteiger partial charge in [-0.15, -0.1) is 0 Å². The first-order chi connectivity index (χ1) is 31.5. The maximum atomic E-state index is 6.25. The van der Waals surface area contributed by atoms with Crippen LogP contribution in [0.2, 0.25) is 0 Å². The van der Waals surface area contributed by atoms with Gasteiger partial charge >= 0.3 is 0 Å². The Labute approximate surface area is 370 Å². The molecule has 9 aromatic carbocycles. The number of hydrogen-bond acceptors (Lipinski definition) is 4. The third-order valence-corrected chi connectivity index (χ3v) is 12.6. The molecule has 302 valence electrons. The van der Waals surface area contributed by atoms with E-state index in [0.29, 0.717) is 17.5 Å². The lowest BCUT2D eigenvalue weighted by molar-refractivity contribution is 0.669. The highest BCUT2D eigenvalue weighted by atomic mass is 16.3. The summed E-state index contributed by atoms with van der Waals surface area (Å²) in [6, 6.07) is 72.8. The van der Waals surface area contributed by atoms with Crippen LogP contribution in [0.15, 0.2) is 211 Å². The molecule has 0 atom stereocenters. The molecule has 0 saturated carbocycles. The average molecular weight is 821 g/mol. The third-order valence-electron chi connectivity index (χ3n) is 12.6. The van der Waals surface area contributed by atoms with Crippen molar-refractivity contribution in [1.29, 1.82) is 0 Å². The van der Waals surface area contributed by atoms with Crippen molar-refractivity contribution >= 4 is 43.7 Å². The first-order valence-corrected chi connectivity index (χ1v) is 21.7. The number of furan rings is 1. The molecule has 0 bridgehead atoms. The molecule has 0 N–H and O–H groups in total. The smallest absolute Gasteiger partial charge is 0.166 e. The van der Waals surface area contributed by atoms with E-state index < -0.39 is 0 Å². The number of para-hydroxylation sites is 1. The Kier molecular flexibility index (Phi) is 8.87. The van der Waals surface area contributed by atoms with Gasteiger partial charge in [-0.3, -0.25) is 0 Å². The molecular formula is C59H40N4O. The van der Waals surface area contributed by atoms with E-state index in [2.05, 4.69) is 176 Å². The van der Waals surface area contributed by atoms with Crippen LogP contribution in [0.1, 0.15) is 11.1 Å². The largest absolute Gasteiger partial charge is 0.456 e. The van der Waals surface area contributed by atoms with Crippen molar-refractivity contribution in [2.45, 2.75) is 13.8 Å². The molecule has 5 nitrogen and oxygen atoms in total. The molecule has 12 aromatic rings. The fourth-order valence-corrected chi connectivity index (χ4v) is 9.34. The van der Waals surface area contributed by atoms with Gasteiger partial charge in [0, 0.05) is 38.2 Å². The number of benzene rings is 9. The maximum Gasteiger partial charge on any atom is 0.166 e. The Bertz CT molecular complexity index is 3590. The molecule has 5 heteroatoms. The number of fused-ring (bicyclic) bond motifs is 6. The van der Waals surface area contributed by atoms with Gasteiger partial charge in [0.1, 0.15) is 11.2 Å². The van der Waals surface area contributed by atoms with Crippen molar-refractivity contribution in [2.24, 2.45) is 0 Å². The normalized spacial score (nSPS) is 11.6. The topological polar surface area (TPSA) is 56.7 Å². The Morgan fingerprint density at radius 2 is 0.797 bits per heavy atom. The van der Waals surface area contributed by atoms with Gasteiger partial charge in [-0.2, -0.15) is 0 Å². The highest BCUT2D eigenvalue weighted by Gasteiger charge is 2.22. The molecule has 0 fully saturated rings. The molecule has 0 aliphatic rings. The van der Waals surface area contributed by atoms with Crippen molar-refractivity contribution in [3.05, 3.63) is 217 Å². The van der Waals surface area contributed by atoms with Gasteiger partial charge in [-0.05, 0) is 113 Å². The molecule has 3 heterocycles. The summed E-state index contributed by atoms with van der Waals surface area (Å²) in [5.74, 6) is 1.81. The van der Waals surface area contributed by atoms with E-state index in [0.717, 1.165) is 66.5 Å². The minimum Gasteiger partial charge on any atom is -0.456 e. The lowest BCUT2D eigenvalue weighted by Gasteiger charge is -2.17. The van der Waals surface area contributed by atoms with Crippen molar-refractivity contribution in [1.82, 2.24) is 19.5 Å². The van der Waals surface area contributed by atoms with Crippen LogP contribution >= 0.6 is 0 Å². The first-order valence-electron chi connectivity index (χ1n) is 21.7. The third kappa shape index (κ3) is 6.37. The molecule has 3 aromatic heterocycles. The van der Waals surface area contributed by atoms with Gasteiger partial charge in [0.15, 0.2) is 17.5 Å². The van der Waals surface area contributed by atoms with Crippen LogP contribution in [0, 0.1) is 13.8 Å². The zero-order chi connectivity index (χ0) is 42.7. The second-order valence-electron chi connectivity index (χ2n) is 16.5. The van der Waals surface area contributed by atoms with Gasteiger partial charge < -0.3 is 8.98 Å². The van der Waals surface area contributed by atoms with E-state index in [1.54, 1.807) is 0 Å². The molecule has 0 aliphatic heterocycles. The standard InChI is InChI=1S/C59H40N4O/c1-37-15-9-11-21-45(37)43-26-30-52-48(35-43)49-36-44(46-22-12-10-16-38(46)2)27-31-53(49)63(52)54-29-25-41(42-28-32-56-50(33-42)47-23-13-14-24-55(47)64-56)34-51(54)59-61-57(39-17-5-3-6-18-39)60-58(62-59)40-19-7-4-8-20-40/h3-36H,1-2H3. The van der Waals surface area contributed by atoms with Gasteiger partial charge in [0.25, 0.3) is 0 Å². The number of aryl methyl sites for hydroxylation is 2.